The summed E-state index contributed by atoms with van der Waals surface area (Å²) in [6.07, 6.45) is 0.549. The molecule has 0 radical (unpaired) electrons. The highest BCUT2D eigenvalue weighted by Gasteiger charge is 2.21. The average molecular weight is 270 g/mol. The SMILES string of the molecule is COc1ccc2ccccc2c1CNC1CNC(=O)C1. The number of nitrogens with one attached hydrogen (secondary N) is 2. The molecule has 0 spiro atoms. The van der Waals surface area contributed by atoms with Gasteiger partial charge in [0, 0.05) is 31.1 Å². The van der Waals surface area contributed by atoms with Gasteiger partial charge >= 0.3 is 0 Å². The van der Waals surface area contributed by atoms with Crippen LogP contribution in [-0.4, -0.2) is 25.6 Å². The highest BCUT2D eigenvalue weighted by molar-refractivity contribution is 5.87. The number of rotatable bonds is 4. The lowest BCUT2D eigenvalue weighted by Gasteiger charge is -2.15. The summed E-state index contributed by atoms with van der Waals surface area (Å²) >= 11 is 0. The number of ether oxygens (including phenoxy) is 1. The van der Waals surface area contributed by atoms with Gasteiger partial charge in [0.2, 0.25) is 5.91 Å². The van der Waals surface area contributed by atoms with E-state index in [1.165, 1.54) is 10.8 Å². The zero-order valence-electron chi connectivity index (χ0n) is 11.5. The highest BCUT2D eigenvalue weighted by Crippen LogP contribution is 2.28. The van der Waals surface area contributed by atoms with E-state index in [4.69, 9.17) is 4.74 Å². The average Bonchev–Trinajstić information content (AvgIpc) is 2.90. The van der Waals surface area contributed by atoms with Crippen molar-refractivity contribution >= 4 is 16.7 Å². The fraction of sp³-hybridized carbons (Fsp3) is 0.312. The maximum atomic E-state index is 11.2. The van der Waals surface area contributed by atoms with Crippen LogP contribution in [-0.2, 0) is 11.3 Å². The Bertz CT molecular complexity index is 639. The van der Waals surface area contributed by atoms with Crippen molar-refractivity contribution in [1.29, 1.82) is 0 Å². The molecule has 1 unspecified atom stereocenters. The molecule has 1 saturated heterocycles. The Morgan fingerprint density at radius 2 is 2.15 bits per heavy atom. The first-order chi connectivity index (χ1) is 9.78. The van der Waals surface area contributed by atoms with Crippen molar-refractivity contribution < 1.29 is 9.53 Å². The Balaban J connectivity index is 1.86. The van der Waals surface area contributed by atoms with Crippen molar-refractivity contribution in [3.05, 3.63) is 42.0 Å². The molecule has 104 valence electrons. The fourth-order valence-corrected chi connectivity index (χ4v) is 2.69. The molecule has 4 nitrogen and oxygen atoms in total. The van der Waals surface area contributed by atoms with E-state index in [2.05, 4.69) is 28.8 Å². The zero-order chi connectivity index (χ0) is 13.9. The van der Waals surface area contributed by atoms with Gasteiger partial charge in [-0.2, -0.15) is 0 Å². The molecule has 1 fully saturated rings. The molecular formula is C16H18N2O2. The summed E-state index contributed by atoms with van der Waals surface area (Å²) in [5.74, 6) is 1.00. The van der Waals surface area contributed by atoms with Crippen molar-refractivity contribution in [3.8, 4) is 5.75 Å². The molecule has 2 aromatic rings. The van der Waals surface area contributed by atoms with E-state index in [1.807, 2.05) is 18.2 Å². The second-order valence-corrected chi connectivity index (χ2v) is 5.05. The standard InChI is InChI=1S/C16H18N2O2/c1-20-15-7-6-11-4-2-3-5-13(11)14(15)10-17-12-8-16(19)18-9-12/h2-7,12,17H,8-10H2,1H3,(H,18,19). The Morgan fingerprint density at radius 3 is 2.90 bits per heavy atom. The van der Waals surface area contributed by atoms with Gasteiger partial charge in [-0.1, -0.05) is 30.3 Å². The van der Waals surface area contributed by atoms with Crippen molar-refractivity contribution in [2.75, 3.05) is 13.7 Å². The lowest BCUT2D eigenvalue weighted by atomic mass is 10.0. The lowest BCUT2D eigenvalue weighted by molar-refractivity contribution is -0.119. The summed E-state index contributed by atoms with van der Waals surface area (Å²) in [6, 6.07) is 12.5. The van der Waals surface area contributed by atoms with E-state index in [0.29, 0.717) is 19.5 Å². The van der Waals surface area contributed by atoms with Gasteiger partial charge in [0.25, 0.3) is 0 Å². The normalized spacial score (nSPS) is 18.2. The Morgan fingerprint density at radius 1 is 1.30 bits per heavy atom. The molecule has 0 aliphatic carbocycles. The van der Waals surface area contributed by atoms with Gasteiger partial charge in [-0.25, -0.2) is 0 Å². The first-order valence-corrected chi connectivity index (χ1v) is 6.82. The predicted octanol–water partition coefficient (Wildman–Crippen LogP) is 1.83. The third kappa shape index (κ3) is 2.47. The number of methoxy groups -OCH3 is 1. The van der Waals surface area contributed by atoms with Crippen LogP contribution in [0, 0.1) is 0 Å². The zero-order valence-corrected chi connectivity index (χ0v) is 11.5. The van der Waals surface area contributed by atoms with E-state index < -0.39 is 0 Å². The topological polar surface area (TPSA) is 50.4 Å². The highest BCUT2D eigenvalue weighted by atomic mass is 16.5. The van der Waals surface area contributed by atoms with Crippen LogP contribution in [0.15, 0.2) is 36.4 Å². The van der Waals surface area contributed by atoms with E-state index in [-0.39, 0.29) is 11.9 Å². The lowest BCUT2D eigenvalue weighted by Crippen LogP contribution is -2.30. The van der Waals surface area contributed by atoms with Gasteiger partial charge in [-0.15, -0.1) is 0 Å². The Kier molecular flexibility index (Phi) is 3.56. The summed E-state index contributed by atoms with van der Waals surface area (Å²) < 4.78 is 5.47. The molecule has 2 N–H and O–H groups in total. The molecule has 1 aliphatic heterocycles. The maximum Gasteiger partial charge on any atom is 0.221 e. The molecule has 0 bridgehead atoms. The molecule has 1 aliphatic rings. The summed E-state index contributed by atoms with van der Waals surface area (Å²) in [5.41, 5.74) is 1.14. The minimum atomic E-state index is 0.118. The third-order valence-corrected chi connectivity index (χ3v) is 3.76. The van der Waals surface area contributed by atoms with Crippen LogP contribution >= 0.6 is 0 Å². The number of hydrogen-bond donors (Lipinski definition) is 2. The summed E-state index contributed by atoms with van der Waals surface area (Å²) in [5, 5.41) is 8.66. The molecular weight excluding hydrogens is 252 g/mol. The minimum absolute atomic E-state index is 0.118. The quantitative estimate of drug-likeness (QED) is 0.891. The summed E-state index contributed by atoms with van der Waals surface area (Å²) in [4.78, 5) is 11.2. The monoisotopic (exact) mass is 270 g/mol. The van der Waals surface area contributed by atoms with Gasteiger partial charge in [-0.3, -0.25) is 4.79 Å². The molecule has 4 heteroatoms. The fourth-order valence-electron chi connectivity index (χ4n) is 2.69. The van der Waals surface area contributed by atoms with E-state index in [0.717, 1.165) is 11.3 Å². The van der Waals surface area contributed by atoms with Gasteiger partial charge in [0.05, 0.1) is 7.11 Å². The third-order valence-electron chi connectivity index (χ3n) is 3.76. The second-order valence-electron chi connectivity index (χ2n) is 5.05. The smallest absolute Gasteiger partial charge is 0.221 e. The molecule has 1 amide bonds. The van der Waals surface area contributed by atoms with E-state index >= 15 is 0 Å². The van der Waals surface area contributed by atoms with Gasteiger partial charge < -0.3 is 15.4 Å². The Labute approximate surface area is 118 Å². The van der Waals surface area contributed by atoms with Crippen molar-refractivity contribution in [2.24, 2.45) is 0 Å². The van der Waals surface area contributed by atoms with Crippen molar-refractivity contribution in [1.82, 2.24) is 10.6 Å². The predicted molar refractivity (Wildman–Crippen MR) is 78.8 cm³/mol. The van der Waals surface area contributed by atoms with Crippen LogP contribution < -0.4 is 15.4 Å². The van der Waals surface area contributed by atoms with Crippen LogP contribution in [0.2, 0.25) is 0 Å². The number of benzene rings is 2. The maximum absolute atomic E-state index is 11.2. The van der Waals surface area contributed by atoms with Crippen LogP contribution in [0.3, 0.4) is 0 Å². The number of amides is 1. The number of carbonyl (C=O) groups is 1. The minimum Gasteiger partial charge on any atom is -0.496 e. The number of fused-ring (bicyclic) bond motifs is 1. The van der Waals surface area contributed by atoms with Gasteiger partial charge in [0.1, 0.15) is 5.75 Å². The molecule has 0 saturated carbocycles. The van der Waals surface area contributed by atoms with Crippen molar-refractivity contribution in [3.63, 3.8) is 0 Å². The molecule has 1 heterocycles. The van der Waals surface area contributed by atoms with Crippen LogP contribution in [0.1, 0.15) is 12.0 Å². The largest absolute Gasteiger partial charge is 0.496 e. The van der Waals surface area contributed by atoms with Crippen LogP contribution in [0.4, 0.5) is 0 Å². The molecule has 2 aromatic carbocycles. The van der Waals surface area contributed by atoms with Gasteiger partial charge in [0.15, 0.2) is 0 Å². The van der Waals surface area contributed by atoms with Crippen LogP contribution in [0.25, 0.3) is 10.8 Å². The second kappa shape index (κ2) is 5.51. The summed E-state index contributed by atoms with van der Waals surface area (Å²) in [6.45, 7) is 1.40. The Hall–Kier alpha value is -2.07. The number of carbonyl (C=O) groups excluding carboxylic acids is 1. The molecule has 3 rings (SSSR count). The number of hydrogen-bond acceptors (Lipinski definition) is 3. The first kappa shape index (κ1) is 12.9. The summed E-state index contributed by atoms with van der Waals surface area (Å²) in [7, 11) is 1.69. The van der Waals surface area contributed by atoms with Crippen LogP contribution in [0.5, 0.6) is 5.75 Å². The van der Waals surface area contributed by atoms with Gasteiger partial charge in [-0.05, 0) is 16.8 Å². The molecule has 0 aromatic heterocycles. The molecule has 1 atom stereocenters. The molecule has 20 heavy (non-hydrogen) atoms. The van der Waals surface area contributed by atoms with Crippen molar-refractivity contribution in [2.45, 2.75) is 19.0 Å². The first-order valence-electron chi connectivity index (χ1n) is 6.82. The van der Waals surface area contributed by atoms with E-state index in [9.17, 15) is 4.79 Å². The van der Waals surface area contributed by atoms with E-state index in [1.54, 1.807) is 7.11 Å².